The van der Waals surface area contributed by atoms with Crippen molar-refractivity contribution >= 4 is 33.1 Å². The Hall–Kier alpha value is -3.39. The number of carbonyl (C=O) groups excluding carboxylic acids is 1. The molecular weight excluding hydrogens is 403 g/mol. The summed E-state index contributed by atoms with van der Waals surface area (Å²) in [6.45, 7) is 5.43. The minimum atomic E-state index is -0.434. The van der Waals surface area contributed by atoms with Crippen molar-refractivity contribution in [1.29, 1.82) is 0 Å². The summed E-state index contributed by atoms with van der Waals surface area (Å²) in [6.07, 6.45) is 0. The van der Waals surface area contributed by atoms with E-state index in [1.54, 1.807) is 19.1 Å². The van der Waals surface area contributed by atoms with E-state index in [-0.39, 0.29) is 23.8 Å². The lowest BCUT2D eigenvalue weighted by atomic mass is 10.1. The number of hydrogen-bond acceptors (Lipinski definition) is 5. The summed E-state index contributed by atoms with van der Waals surface area (Å²) in [4.78, 5) is 29.9. The summed E-state index contributed by atoms with van der Waals surface area (Å²) in [7, 11) is 0. The van der Waals surface area contributed by atoms with E-state index in [0.717, 1.165) is 15.8 Å². The van der Waals surface area contributed by atoms with Crippen LogP contribution in [0.15, 0.2) is 47.3 Å². The van der Waals surface area contributed by atoms with Gasteiger partial charge in [0.25, 0.3) is 5.56 Å². The summed E-state index contributed by atoms with van der Waals surface area (Å²) in [5, 5.41) is 7.98. The molecule has 30 heavy (non-hydrogen) atoms. The molecule has 152 valence electrons. The SMILES string of the molecule is Cc1nc2c(=O)n(CC(=O)Nc3cccc(C)c3C)nc(-c3ccc(F)cc3)c2s1. The van der Waals surface area contributed by atoms with Gasteiger partial charge in [0.2, 0.25) is 5.91 Å². The third-order valence-corrected chi connectivity index (χ3v) is 5.87. The van der Waals surface area contributed by atoms with E-state index >= 15 is 0 Å². The van der Waals surface area contributed by atoms with Gasteiger partial charge in [-0.15, -0.1) is 11.3 Å². The van der Waals surface area contributed by atoms with Gasteiger partial charge in [-0.2, -0.15) is 5.10 Å². The summed E-state index contributed by atoms with van der Waals surface area (Å²) in [5.74, 6) is -0.730. The van der Waals surface area contributed by atoms with E-state index in [0.29, 0.717) is 26.7 Å². The predicted molar refractivity (Wildman–Crippen MR) is 116 cm³/mol. The molecule has 0 spiro atoms. The first-order chi connectivity index (χ1) is 14.3. The van der Waals surface area contributed by atoms with Crippen molar-refractivity contribution in [3.8, 4) is 11.3 Å². The Morgan fingerprint density at radius 3 is 2.60 bits per heavy atom. The number of rotatable bonds is 4. The van der Waals surface area contributed by atoms with Gasteiger partial charge in [-0.25, -0.2) is 14.1 Å². The fourth-order valence-corrected chi connectivity index (χ4v) is 4.10. The number of aryl methyl sites for hydroxylation is 2. The molecule has 0 atom stereocenters. The number of fused-ring (bicyclic) bond motifs is 1. The van der Waals surface area contributed by atoms with Crippen LogP contribution in [0.25, 0.3) is 21.5 Å². The Bertz CT molecular complexity index is 1330. The molecule has 0 radical (unpaired) electrons. The highest BCUT2D eigenvalue weighted by Gasteiger charge is 2.18. The average molecular weight is 422 g/mol. The van der Waals surface area contributed by atoms with Gasteiger partial charge >= 0.3 is 0 Å². The number of nitrogens with one attached hydrogen (secondary N) is 1. The molecule has 1 N–H and O–H groups in total. The maximum Gasteiger partial charge on any atom is 0.294 e. The zero-order chi connectivity index (χ0) is 21.4. The zero-order valence-corrected chi connectivity index (χ0v) is 17.5. The number of carbonyl (C=O) groups is 1. The second-order valence-corrected chi connectivity index (χ2v) is 8.23. The molecule has 2 aromatic carbocycles. The lowest BCUT2D eigenvalue weighted by molar-refractivity contribution is -0.117. The predicted octanol–water partition coefficient (Wildman–Crippen LogP) is 4.22. The molecule has 1 amide bonds. The lowest BCUT2D eigenvalue weighted by Gasteiger charge is -2.12. The van der Waals surface area contributed by atoms with E-state index in [4.69, 9.17) is 0 Å². The Morgan fingerprint density at radius 2 is 1.87 bits per heavy atom. The maximum atomic E-state index is 13.4. The molecule has 0 fully saturated rings. The number of amides is 1. The van der Waals surface area contributed by atoms with Crippen LogP contribution in [0.4, 0.5) is 10.1 Å². The van der Waals surface area contributed by atoms with Crippen molar-refractivity contribution in [2.24, 2.45) is 0 Å². The first-order valence-electron chi connectivity index (χ1n) is 9.34. The summed E-state index contributed by atoms with van der Waals surface area (Å²) < 4.78 is 15.1. The quantitative estimate of drug-likeness (QED) is 0.534. The molecule has 0 aliphatic rings. The number of thiazole rings is 1. The molecule has 4 rings (SSSR count). The average Bonchev–Trinajstić information content (AvgIpc) is 3.10. The van der Waals surface area contributed by atoms with E-state index in [9.17, 15) is 14.0 Å². The number of nitrogens with zero attached hydrogens (tertiary/aromatic N) is 3. The molecule has 6 nitrogen and oxygen atoms in total. The highest BCUT2D eigenvalue weighted by atomic mass is 32.1. The Balaban J connectivity index is 1.74. The van der Waals surface area contributed by atoms with Crippen LogP contribution in [0.2, 0.25) is 0 Å². The highest BCUT2D eigenvalue weighted by molar-refractivity contribution is 7.19. The Morgan fingerprint density at radius 1 is 1.13 bits per heavy atom. The molecule has 4 aromatic rings. The van der Waals surface area contributed by atoms with Crippen LogP contribution >= 0.6 is 11.3 Å². The Kier molecular flexibility index (Phi) is 5.17. The van der Waals surface area contributed by atoms with Gasteiger partial charge in [0.15, 0.2) is 5.52 Å². The number of anilines is 1. The van der Waals surface area contributed by atoms with Crippen LogP contribution < -0.4 is 10.9 Å². The van der Waals surface area contributed by atoms with Crippen molar-refractivity contribution in [3.05, 3.63) is 74.8 Å². The zero-order valence-electron chi connectivity index (χ0n) is 16.7. The van der Waals surface area contributed by atoms with Crippen LogP contribution in [-0.4, -0.2) is 20.7 Å². The second-order valence-electron chi connectivity index (χ2n) is 7.02. The van der Waals surface area contributed by atoms with Gasteiger partial charge in [-0.1, -0.05) is 12.1 Å². The van der Waals surface area contributed by atoms with Gasteiger partial charge in [-0.3, -0.25) is 9.59 Å². The molecule has 0 bridgehead atoms. The standard InChI is InChI=1S/C22H19FN4O2S/c1-12-5-4-6-17(13(12)2)25-18(28)11-27-22(29)20-21(30-14(3)24-20)19(26-27)15-7-9-16(23)10-8-15/h4-10H,11H2,1-3H3,(H,25,28). The fraction of sp³-hybridized carbons (Fsp3) is 0.182. The molecule has 0 aliphatic heterocycles. The van der Waals surface area contributed by atoms with E-state index in [1.165, 1.54) is 23.5 Å². The molecule has 0 saturated heterocycles. The number of halogens is 1. The third-order valence-electron chi connectivity index (χ3n) is 4.90. The summed E-state index contributed by atoms with van der Waals surface area (Å²) in [6, 6.07) is 11.5. The highest BCUT2D eigenvalue weighted by Crippen LogP contribution is 2.29. The van der Waals surface area contributed by atoms with Gasteiger partial charge in [0.1, 0.15) is 18.1 Å². The number of hydrogen-bond donors (Lipinski definition) is 1. The molecular formula is C22H19FN4O2S. The molecule has 0 saturated carbocycles. The summed E-state index contributed by atoms with van der Waals surface area (Å²) >= 11 is 1.34. The Labute approximate surface area is 176 Å². The molecule has 8 heteroatoms. The molecule has 2 heterocycles. The number of aromatic nitrogens is 3. The lowest BCUT2D eigenvalue weighted by Crippen LogP contribution is -2.30. The van der Waals surface area contributed by atoms with E-state index in [1.807, 2.05) is 32.0 Å². The summed E-state index contributed by atoms with van der Waals surface area (Å²) in [5.41, 5.74) is 3.67. The van der Waals surface area contributed by atoms with Crippen LogP contribution in [0.5, 0.6) is 0 Å². The van der Waals surface area contributed by atoms with Crippen LogP contribution in [-0.2, 0) is 11.3 Å². The van der Waals surface area contributed by atoms with Crippen LogP contribution in [0, 0.1) is 26.6 Å². The largest absolute Gasteiger partial charge is 0.324 e. The first kappa shape index (κ1) is 19.9. The van der Waals surface area contributed by atoms with Gasteiger partial charge in [0.05, 0.1) is 9.71 Å². The fourth-order valence-electron chi connectivity index (χ4n) is 3.18. The molecule has 0 unspecified atom stereocenters. The molecule has 0 aliphatic carbocycles. The van der Waals surface area contributed by atoms with Crippen molar-refractivity contribution in [2.75, 3.05) is 5.32 Å². The smallest absolute Gasteiger partial charge is 0.294 e. The minimum absolute atomic E-state index is 0.256. The first-order valence-corrected chi connectivity index (χ1v) is 10.2. The van der Waals surface area contributed by atoms with Crippen molar-refractivity contribution in [3.63, 3.8) is 0 Å². The van der Waals surface area contributed by atoms with E-state index < -0.39 is 5.56 Å². The second kappa shape index (κ2) is 7.79. The normalized spacial score (nSPS) is 11.1. The van der Waals surface area contributed by atoms with E-state index in [2.05, 4.69) is 15.4 Å². The topological polar surface area (TPSA) is 76.9 Å². The number of benzene rings is 2. The van der Waals surface area contributed by atoms with Crippen LogP contribution in [0.1, 0.15) is 16.1 Å². The van der Waals surface area contributed by atoms with Gasteiger partial charge in [0, 0.05) is 11.3 Å². The molecule has 2 aromatic heterocycles. The monoisotopic (exact) mass is 422 g/mol. The van der Waals surface area contributed by atoms with Crippen molar-refractivity contribution in [1.82, 2.24) is 14.8 Å². The third kappa shape index (κ3) is 3.73. The van der Waals surface area contributed by atoms with Gasteiger partial charge < -0.3 is 5.32 Å². The van der Waals surface area contributed by atoms with Crippen LogP contribution in [0.3, 0.4) is 0 Å². The van der Waals surface area contributed by atoms with Crippen molar-refractivity contribution < 1.29 is 9.18 Å². The van der Waals surface area contributed by atoms with Crippen molar-refractivity contribution in [2.45, 2.75) is 27.3 Å². The van der Waals surface area contributed by atoms with Gasteiger partial charge in [-0.05, 0) is 62.2 Å². The minimum Gasteiger partial charge on any atom is -0.324 e. The maximum absolute atomic E-state index is 13.4.